The van der Waals surface area contributed by atoms with Crippen molar-refractivity contribution < 1.29 is 14.3 Å². The molecular formula is C20H24ClN3O3. The fraction of sp³-hybridized carbons (Fsp3) is 0.350. The Morgan fingerprint density at radius 2 is 1.85 bits per heavy atom. The number of esters is 1. The van der Waals surface area contributed by atoms with E-state index in [4.69, 9.17) is 16.3 Å². The predicted octanol–water partition coefficient (Wildman–Crippen LogP) is 4.53. The summed E-state index contributed by atoms with van der Waals surface area (Å²) in [5.74, 6) is -0.517. The van der Waals surface area contributed by atoms with Crippen LogP contribution in [0.15, 0.2) is 36.5 Å². The largest absolute Gasteiger partial charge is 0.465 e. The van der Waals surface area contributed by atoms with Crippen LogP contribution in [0.1, 0.15) is 47.5 Å². The third-order valence-corrected chi connectivity index (χ3v) is 4.25. The van der Waals surface area contributed by atoms with Gasteiger partial charge < -0.3 is 15.0 Å². The predicted molar refractivity (Wildman–Crippen MR) is 107 cm³/mol. The van der Waals surface area contributed by atoms with Crippen LogP contribution >= 0.6 is 11.6 Å². The molecule has 7 heteroatoms. The van der Waals surface area contributed by atoms with Crippen molar-refractivity contribution in [2.24, 2.45) is 0 Å². The van der Waals surface area contributed by atoms with Gasteiger partial charge in [-0.2, -0.15) is 0 Å². The van der Waals surface area contributed by atoms with Crippen LogP contribution < -0.4 is 5.32 Å². The van der Waals surface area contributed by atoms with Gasteiger partial charge in [0.05, 0.1) is 35.3 Å². The molecule has 6 nitrogen and oxygen atoms in total. The Bertz CT molecular complexity index is 788. The molecule has 0 aliphatic heterocycles. The third-order valence-electron chi connectivity index (χ3n) is 3.92. The van der Waals surface area contributed by atoms with Crippen LogP contribution in [0.2, 0.25) is 5.02 Å². The standard InChI is InChI=1S/C20H24ClN3O3/c1-4-10-24(11-5-2)19(25)17-9-7-15(13-22-17)23-18-12-14(20(26)27-3)6-8-16(18)21/h6-9,12-13,23H,4-5,10-11H2,1-3H3. The molecule has 1 aromatic heterocycles. The minimum Gasteiger partial charge on any atom is -0.465 e. The van der Waals surface area contributed by atoms with Crippen molar-refractivity contribution in [3.8, 4) is 0 Å². The van der Waals surface area contributed by atoms with Gasteiger partial charge in [-0.3, -0.25) is 4.79 Å². The summed E-state index contributed by atoms with van der Waals surface area (Å²) in [6, 6.07) is 8.26. The van der Waals surface area contributed by atoms with E-state index in [1.807, 2.05) is 18.7 Å². The molecule has 0 atom stereocenters. The quantitative estimate of drug-likeness (QED) is 0.671. The van der Waals surface area contributed by atoms with Crippen molar-refractivity contribution >= 4 is 34.9 Å². The van der Waals surface area contributed by atoms with Crippen molar-refractivity contribution in [1.29, 1.82) is 0 Å². The molecule has 27 heavy (non-hydrogen) atoms. The molecule has 1 N–H and O–H groups in total. The van der Waals surface area contributed by atoms with Crippen molar-refractivity contribution in [3.05, 3.63) is 52.8 Å². The number of benzene rings is 1. The SMILES string of the molecule is CCCN(CCC)C(=O)c1ccc(Nc2cc(C(=O)OC)ccc2Cl)cn1. The van der Waals surface area contributed by atoms with E-state index in [9.17, 15) is 9.59 Å². The number of carbonyl (C=O) groups excluding carboxylic acids is 2. The number of nitrogens with one attached hydrogen (secondary N) is 1. The second-order valence-corrected chi connectivity index (χ2v) is 6.44. The van der Waals surface area contributed by atoms with Crippen LogP contribution in [-0.4, -0.2) is 42.0 Å². The lowest BCUT2D eigenvalue weighted by atomic mass is 10.2. The van der Waals surface area contributed by atoms with E-state index >= 15 is 0 Å². The minimum atomic E-state index is -0.444. The van der Waals surface area contributed by atoms with E-state index in [0.29, 0.717) is 40.7 Å². The van der Waals surface area contributed by atoms with E-state index in [-0.39, 0.29) is 5.91 Å². The highest BCUT2D eigenvalue weighted by molar-refractivity contribution is 6.33. The number of amides is 1. The van der Waals surface area contributed by atoms with Crippen LogP contribution in [0.4, 0.5) is 11.4 Å². The first-order valence-electron chi connectivity index (χ1n) is 8.90. The molecule has 2 rings (SSSR count). The molecule has 0 aliphatic rings. The van der Waals surface area contributed by atoms with Gasteiger partial charge in [0.2, 0.25) is 0 Å². The molecule has 0 bridgehead atoms. The van der Waals surface area contributed by atoms with Gasteiger partial charge in [0, 0.05) is 13.1 Å². The average Bonchev–Trinajstić information content (AvgIpc) is 2.69. The topological polar surface area (TPSA) is 71.5 Å². The van der Waals surface area contributed by atoms with Gasteiger partial charge in [-0.25, -0.2) is 9.78 Å². The smallest absolute Gasteiger partial charge is 0.337 e. The Balaban J connectivity index is 2.16. The number of carbonyl (C=O) groups is 2. The second kappa shape index (κ2) is 9.92. The summed E-state index contributed by atoms with van der Waals surface area (Å²) < 4.78 is 4.72. The van der Waals surface area contributed by atoms with Gasteiger partial charge in [0.1, 0.15) is 5.69 Å². The maximum Gasteiger partial charge on any atom is 0.337 e. The van der Waals surface area contributed by atoms with E-state index in [2.05, 4.69) is 10.3 Å². The molecule has 0 spiro atoms. The summed E-state index contributed by atoms with van der Waals surface area (Å²) in [4.78, 5) is 30.3. The Morgan fingerprint density at radius 1 is 1.15 bits per heavy atom. The molecule has 0 unspecified atom stereocenters. The van der Waals surface area contributed by atoms with E-state index in [1.54, 1.807) is 36.5 Å². The Morgan fingerprint density at radius 3 is 2.41 bits per heavy atom. The third kappa shape index (κ3) is 5.44. The fourth-order valence-corrected chi connectivity index (χ4v) is 2.80. The highest BCUT2D eigenvalue weighted by Gasteiger charge is 2.15. The first-order chi connectivity index (χ1) is 13.0. The highest BCUT2D eigenvalue weighted by Crippen LogP contribution is 2.26. The summed E-state index contributed by atoms with van der Waals surface area (Å²) >= 11 is 6.19. The van der Waals surface area contributed by atoms with Crippen LogP contribution in [0, 0.1) is 0 Å². The van der Waals surface area contributed by atoms with Crippen molar-refractivity contribution in [2.75, 3.05) is 25.5 Å². The zero-order valence-electron chi connectivity index (χ0n) is 15.8. The van der Waals surface area contributed by atoms with Crippen LogP contribution in [0.5, 0.6) is 0 Å². The van der Waals surface area contributed by atoms with E-state index in [0.717, 1.165) is 12.8 Å². The summed E-state index contributed by atoms with van der Waals surface area (Å²) in [5, 5.41) is 3.57. The maximum absolute atomic E-state index is 12.6. The molecule has 144 valence electrons. The summed E-state index contributed by atoms with van der Waals surface area (Å²) in [6.45, 7) is 5.51. The highest BCUT2D eigenvalue weighted by atomic mass is 35.5. The van der Waals surface area contributed by atoms with Gasteiger partial charge in [-0.1, -0.05) is 25.4 Å². The number of nitrogens with zero attached hydrogens (tertiary/aromatic N) is 2. The lowest BCUT2D eigenvalue weighted by Gasteiger charge is -2.21. The number of anilines is 2. The first kappa shape index (κ1) is 20.7. The molecule has 1 aromatic carbocycles. The number of aromatic nitrogens is 1. The monoisotopic (exact) mass is 389 g/mol. The molecule has 0 saturated carbocycles. The van der Waals surface area contributed by atoms with E-state index in [1.165, 1.54) is 7.11 Å². The summed E-state index contributed by atoms with van der Waals surface area (Å²) in [7, 11) is 1.32. The number of rotatable bonds is 8. The molecule has 0 fully saturated rings. The van der Waals surface area contributed by atoms with Crippen molar-refractivity contribution in [3.63, 3.8) is 0 Å². The first-order valence-corrected chi connectivity index (χ1v) is 9.28. The summed E-state index contributed by atoms with van der Waals surface area (Å²) in [6.07, 6.45) is 3.38. The number of hydrogen-bond donors (Lipinski definition) is 1. The normalized spacial score (nSPS) is 10.4. The molecule has 0 saturated heterocycles. The van der Waals surface area contributed by atoms with Crippen LogP contribution in [-0.2, 0) is 4.74 Å². The number of pyridine rings is 1. The Hall–Kier alpha value is -2.60. The van der Waals surface area contributed by atoms with Gasteiger partial charge in [0.25, 0.3) is 5.91 Å². The molecule has 1 heterocycles. The van der Waals surface area contributed by atoms with Gasteiger partial charge in [-0.15, -0.1) is 0 Å². The summed E-state index contributed by atoms with van der Waals surface area (Å²) in [5.41, 5.74) is 2.00. The number of methoxy groups -OCH3 is 1. The second-order valence-electron chi connectivity index (χ2n) is 6.04. The lowest BCUT2D eigenvalue weighted by molar-refractivity contribution is 0.0600. The Labute approximate surface area is 164 Å². The van der Waals surface area contributed by atoms with E-state index < -0.39 is 5.97 Å². The lowest BCUT2D eigenvalue weighted by Crippen LogP contribution is -2.33. The number of hydrogen-bond acceptors (Lipinski definition) is 5. The number of halogens is 1. The minimum absolute atomic E-state index is 0.0732. The van der Waals surface area contributed by atoms with Crippen molar-refractivity contribution in [2.45, 2.75) is 26.7 Å². The Kier molecular flexibility index (Phi) is 7.61. The molecule has 2 aromatic rings. The molecule has 0 radical (unpaired) electrons. The zero-order chi connectivity index (χ0) is 19.8. The molecular weight excluding hydrogens is 366 g/mol. The molecule has 1 amide bonds. The van der Waals surface area contributed by atoms with Crippen LogP contribution in [0.25, 0.3) is 0 Å². The van der Waals surface area contributed by atoms with Gasteiger partial charge >= 0.3 is 5.97 Å². The maximum atomic E-state index is 12.6. The van der Waals surface area contributed by atoms with Gasteiger partial charge in [0.15, 0.2) is 0 Å². The average molecular weight is 390 g/mol. The number of ether oxygens (including phenoxy) is 1. The molecule has 0 aliphatic carbocycles. The van der Waals surface area contributed by atoms with Crippen molar-refractivity contribution in [1.82, 2.24) is 9.88 Å². The zero-order valence-corrected chi connectivity index (χ0v) is 16.5. The van der Waals surface area contributed by atoms with Gasteiger partial charge in [-0.05, 0) is 43.2 Å². The fourth-order valence-electron chi connectivity index (χ4n) is 2.63. The van der Waals surface area contributed by atoms with Crippen LogP contribution in [0.3, 0.4) is 0 Å².